The molecule has 0 saturated heterocycles. The second-order valence-corrected chi connectivity index (χ2v) is 4.14. The highest BCUT2D eigenvalue weighted by atomic mass is 127. The van der Waals surface area contributed by atoms with E-state index < -0.39 is 0 Å². The van der Waals surface area contributed by atoms with Crippen LogP contribution in [0.5, 0.6) is 0 Å². The fraction of sp³-hybridized carbons (Fsp3) is 0.100. The van der Waals surface area contributed by atoms with E-state index in [1.54, 1.807) is 0 Å². The van der Waals surface area contributed by atoms with Gasteiger partial charge in [-0.15, -0.1) is 0 Å². The molecule has 0 atom stereocenters. The number of fused-ring (bicyclic) bond motifs is 1. The molecule has 2 aromatic rings. The van der Waals surface area contributed by atoms with Crippen molar-refractivity contribution >= 4 is 39.9 Å². The molecule has 72 valence electrons. The molecular weight excluding hydrogens is 291 g/mol. The number of hydrogen-bond acceptors (Lipinski definition) is 1. The Morgan fingerprint density at radius 1 is 1.50 bits per heavy atom. The standard InChI is InChI=1S/C10H9IN2O/c11-8-2-1-3-9-10(8)7(5-13-9)4-12-6-14/h1-3,5-6,13H,4H2,(H,12,14). The fourth-order valence-electron chi connectivity index (χ4n) is 1.50. The van der Waals surface area contributed by atoms with Crippen LogP contribution in [0, 0.1) is 3.57 Å². The lowest BCUT2D eigenvalue weighted by molar-refractivity contribution is -0.109. The number of carbonyl (C=O) groups excluding carboxylic acids is 1. The van der Waals surface area contributed by atoms with Gasteiger partial charge in [0.05, 0.1) is 0 Å². The van der Waals surface area contributed by atoms with E-state index in [0.717, 1.165) is 11.1 Å². The Morgan fingerprint density at radius 2 is 2.36 bits per heavy atom. The quantitative estimate of drug-likeness (QED) is 0.661. The van der Waals surface area contributed by atoms with Crippen LogP contribution >= 0.6 is 22.6 Å². The smallest absolute Gasteiger partial charge is 0.207 e. The molecule has 0 fully saturated rings. The molecule has 14 heavy (non-hydrogen) atoms. The summed E-state index contributed by atoms with van der Waals surface area (Å²) < 4.78 is 1.20. The molecule has 3 nitrogen and oxygen atoms in total. The van der Waals surface area contributed by atoms with Crippen LogP contribution < -0.4 is 5.32 Å². The number of rotatable bonds is 3. The van der Waals surface area contributed by atoms with E-state index in [-0.39, 0.29) is 0 Å². The van der Waals surface area contributed by atoms with Crippen molar-refractivity contribution in [2.45, 2.75) is 6.54 Å². The maximum absolute atomic E-state index is 10.2. The van der Waals surface area contributed by atoms with Crippen molar-refractivity contribution in [3.63, 3.8) is 0 Å². The van der Waals surface area contributed by atoms with Crippen molar-refractivity contribution < 1.29 is 4.79 Å². The van der Waals surface area contributed by atoms with Crippen LogP contribution in [0.25, 0.3) is 10.9 Å². The van der Waals surface area contributed by atoms with Crippen molar-refractivity contribution in [3.8, 4) is 0 Å². The molecule has 0 radical (unpaired) electrons. The van der Waals surface area contributed by atoms with Gasteiger partial charge in [0.1, 0.15) is 0 Å². The van der Waals surface area contributed by atoms with Crippen LogP contribution in [-0.4, -0.2) is 11.4 Å². The zero-order valence-electron chi connectivity index (χ0n) is 7.38. The molecule has 0 bridgehead atoms. The molecule has 0 spiro atoms. The summed E-state index contributed by atoms with van der Waals surface area (Å²) in [4.78, 5) is 13.4. The van der Waals surface area contributed by atoms with Gasteiger partial charge in [-0.2, -0.15) is 0 Å². The second-order valence-electron chi connectivity index (χ2n) is 2.98. The van der Waals surface area contributed by atoms with Crippen LogP contribution in [0.1, 0.15) is 5.56 Å². The van der Waals surface area contributed by atoms with Crippen LogP contribution in [0.2, 0.25) is 0 Å². The van der Waals surface area contributed by atoms with Gasteiger partial charge in [-0.1, -0.05) is 6.07 Å². The normalized spacial score (nSPS) is 10.4. The van der Waals surface area contributed by atoms with E-state index in [0.29, 0.717) is 13.0 Å². The zero-order valence-corrected chi connectivity index (χ0v) is 9.54. The zero-order chi connectivity index (χ0) is 9.97. The average Bonchev–Trinajstić information content (AvgIpc) is 2.59. The van der Waals surface area contributed by atoms with Gasteiger partial charge in [-0.3, -0.25) is 4.79 Å². The van der Waals surface area contributed by atoms with Gasteiger partial charge in [0.15, 0.2) is 0 Å². The van der Waals surface area contributed by atoms with E-state index >= 15 is 0 Å². The highest BCUT2D eigenvalue weighted by Gasteiger charge is 2.05. The van der Waals surface area contributed by atoms with E-state index in [2.05, 4.69) is 39.0 Å². The van der Waals surface area contributed by atoms with E-state index in [4.69, 9.17) is 0 Å². The number of benzene rings is 1. The number of aromatic amines is 1. The minimum absolute atomic E-state index is 0.573. The Labute approximate surface area is 95.0 Å². The lowest BCUT2D eigenvalue weighted by atomic mass is 10.2. The molecule has 0 unspecified atom stereocenters. The maximum Gasteiger partial charge on any atom is 0.207 e. The topological polar surface area (TPSA) is 44.9 Å². The van der Waals surface area contributed by atoms with Crippen molar-refractivity contribution in [2.75, 3.05) is 0 Å². The Morgan fingerprint density at radius 3 is 3.14 bits per heavy atom. The van der Waals surface area contributed by atoms with Gasteiger partial charge < -0.3 is 10.3 Å². The summed E-state index contributed by atoms with van der Waals surface area (Å²) in [6.45, 7) is 0.573. The largest absolute Gasteiger partial charge is 0.361 e. The summed E-state index contributed by atoms with van der Waals surface area (Å²) in [7, 11) is 0. The van der Waals surface area contributed by atoms with Crippen molar-refractivity contribution in [1.29, 1.82) is 0 Å². The first-order chi connectivity index (χ1) is 6.83. The Balaban J connectivity index is 2.50. The molecule has 1 amide bonds. The third kappa shape index (κ3) is 1.61. The maximum atomic E-state index is 10.2. The fourth-order valence-corrected chi connectivity index (χ4v) is 2.34. The summed E-state index contributed by atoms with van der Waals surface area (Å²) >= 11 is 2.30. The molecule has 4 heteroatoms. The Kier molecular flexibility index (Phi) is 2.72. The van der Waals surface area contributed by atoms with Gasteiger partial charge in [-0.25, -0.2) is 0 Å². The van der Waals surface area contributed by atoms with Gasteiger partial charge in [0.25, 0.3) is 0 Å². The van der Waals surface area contributed by atoms with Crippen molar-refractivity contribution in [3.05, 3.63) is 33.5 Å². The van der Waals surface area contributed by atoms with Gasteiger partial charge >= 0.3 is 0 Å². The number of nitrogens with one attached hydrogen (secondary N) is 2. The van der Waals surface area contributed by atoms with E-state index in [1.165, 1.54) is 8.96 Å². The lowest BCUT2D eigenvalue weighted by Gasteiger charge is -1.99. The Hall–Kier alpha value is -1.04. The number of carbonyl (C=O) groups is 1. The Bertz CT molecular complexity index is 464. The molecule has 1 aromatic heterocycles. The lowest BCUT2D eigenvalue weighted by Crippen LogP contribution is -2.09. The molecule has 0 aliphatic heterocycles. The van der Waals surface area contributed by atoms with Crippen LogP contribution in [0.15, 0.2) is 24.4 Å². The monoisotopic (exact) mass is 300 g/mol. The summed E-state index contributed by atoms with van der Waals surface area (Å²) in [5, 5.41) is 3.86. The van der Waals surface area contributed by atoms with Gasteiger partial charge in [-0.05, 0) is 40.3 Å². The molecule has 2 N–H and O–H groups in total. The molecule has 2 rings (SSSR count). The average molecular weight is 300 g/mol. The first-order valence-corrected chi connectivity index (χ1v) is 5.32. The first kappa shape index (κ1) is 9.51. The number of aromatic nitrogens is 1. The minimum Gasteiger partial charge on any atom is -0.361 e. The third-order valence-electron chi connectivity index (χ3n) is 2.11. The molecule has 0 saturated carbocycles. The number of H-pyrrole nitrogens is 1. The summed E-state index contributed by atoms with van der Waals surface area (Å²) in [5.74, 6) is 0. The predicted octanol–water partition coefficient (Wildman–Crippen LogP) is 2.02. The highest BCUT2D eigenvalue weighted by molar-refractivity contribution is 14.1. The second kappa shape index (κ2) is 4.00. The summed E-state index contributed by atoms with van der Waals surface area (Å²) in [5.41, 5.74) is 2.23. The molecule has 0 aliphatic carbocycles. The highest BCUT2D eigenvalue weighted by Crippen LogP contribution is 2.23. The van der Waals surface area contributed by atoms with Crippen molar-refractivity contribution in [2.24, 2.45) is 0 Å². The van der Waals surface area contributed by atoms with Gasteiger partial charge in [0.2, 0.25) is 6.41 Å². The van der Waals surface area contributed by atoms with E-state index in [1.807, 2.05) is 18.3 Å². The number of halogens is 1. The third-order valence-corrected chi connectivity index (χ3v) is 3.01. The number of amides is 1. The first-order valence-electron chi connectivity index (χ1n) is 4.24. The molecular formula is C10H9IN2O. The summed E-state index contributed by atoms with van der Waals surface area (Å²) in [6.07, 6.45) is 2.65. The molecule has 1 heterocycles. The molecule has 0 aliphatic rings. The number of hydrogen-bond donors (Lipinski definition) is 2. The predicted molar refractivity (Wildman–Crippen MR) is 63.9 cm³/mol. The SMILES string of the molecule is O=CNCc1c[nH]c2cccc(I)c12. The van der Waals surface area contributed by atoms with Crippen LogP contribution in [-0.2, 0) is 11.3 Å². The minimum atomic E-state index is 0.573. The summed E-state index contributed by atoms with van der Waals surface area (Å²) in [6, 6.07) is 6.10. The van der Waals surface area contributed by atoms with E-state index in [9.17, 15) is 4.79 Å². The van der Waals surface area contributed by atoms with Crippen LogP contribution in [0.3, 0.4) is 0 Å². The van der Waals surface area contributed by atoms with Crippen molar-refractivity contribution in [1.82, 2.24) is 10.3 Å². The van der Waals surface area contributed by atoms with Crippen LogP contribution in [0.4, 0.5) is 0 Å². The van der Waals surface area contributed by atoms with Gasteiger partial charge in [0, 0.05) is 27.2 Å². The molecule has 1 aromatic carbocycles.